The summed E-state index contributed by atoms with van der Waals surface area (Å²) in [5.74, 6) is -1.14. The van der Waals surface area contributed by atoms with Gasteiger partial charge in [-0.1, -0.05) is 0 Å². The fraction of sp³-hybridized carbons (Fsp3) is 0.375. The SMILES string of the molecule is COc1nc(C(=O)O)nc2c1COC2. The molecule has 74 valence electrons. The summed E-state index contributed by atoms with van der Waals surface area (Å²) >= 11 is 0. The zero-order valence-corrected chi connectivity index (χ0v) is 7.48. The van der Waals surface area contributed by atoms with Crippen LogP contribution in [0.1, 0.15) is 21.9 Å². The van der Waals surface area contributed by atoms with Crippen molar-refractivity contribution in [1.82, 2.24) is 9.97 Å². The smallest absolute Gasteiger partial charge is 0.374 e. The number of rotatable bonds is 2. The number of fused-ring (bicyclic) bond motifs is 1. The molecule has 2 rings (SSSR count). The molecule has 0 aromatic carbocycles. The third-order valence-corrected chi connectivity index (χ3v) is 1.92. The van der Waals surface area contributed by atoms with Crippen molar-refractivity contribution in [3.05, 3.63) is 17.1 Å². The van der Waals surface area contributed by atoms with Crippen LogP contribution in [0.4, 0.5) is 0 Å². The Labute approximate surface area is 79.5 Å². The zero-order chi connectivity index (χ0) is 10.1. The molecule has 0 atom stereocenters. The van der Waals surface area contributed by atoms with Gasteiger partial charge >= 0.3 is 5.97 Å². The highest BCUT2D eigenvalue weighted by Crippen LogP contribution is 2.25. The van der Waals surface area contributed by atoms with E-state index in [0.29, 0.717) is 18.9 Å². The third-order valence-electron chi connectivity index (χ3n) is 1.92. The maximum absolute atomic E-state index is 10.6. The summed E-state index contributed by atoms with van der Waals surface area (Å²) in [7, 11) is 1.44. The molecule has 0 unspecified atom stereocenters. The van der Waals surface area contributed by atoms with Crippen LogP contribution < -0.4 is 4.74 Å². The highest BCUT2D eigenvalue weighted by Gasteiger charge is 2.22. The summed E-state index contributed by atoms with van der Waals surface area (Å²) in [6.07, 6.45) is 0. The molecular weight excluding hydrogens is 188 g/mol. The molecule has 14 heavy (non-hydrogen) atoms. The van der Waals surface area contributed by atoms with E-state index >= 15 is 0 Å². The fourth-order valence-corrected chi connectivity index (χ4v) is 1.29. The molecule has 6 heteroatoms. The average molecular weight is 196 g/mol. The lowest BCUT2D eigenvalue weighted by Crippen LogP contribution is -2.08. The van der Waals surface area contributed by atoms with E-state index in [1.54, 1.807) is 0 Å². The molecule has 0 saturated heterocycles. The van der Waals surface area contributed by atoms with Gasteiger partial charge in [0.05, 0.1) is 31.6 Å². The molecule has 0 radical (unpaired) electrons. The second-order valence-corrected chi connectivity index (χ2v) is 2.78. The Kier molecular flexibility index (Phi) is 2.05. The quantitative estimate of drug-likeness (QED) is 0.728. The standard InChI is InChI=1S/C8H8N2O4/c1-13-7-4-2-14-3-5(4)9-6(10-7)8(11)12/h2-3H2,1H3,(H,11,12). The van der Waals surface area contributed by atoms with Gasteiger partial charge in [-0.05, 0) is 0 Å². The molecule has 1 aliphatic heterocycles. The molecule has 0 saturated carbocycles. The van der Waals surface area contributed by atoms with E-state index in [1.165, 1.54) is 7.11 Å². The first-order valence-corrected chi connectivity index (χ1v) is 3.97. The summed E-state index contributed by atoms with van der Waals surface area (Å²) in [5.41, 5.74) is 1.33. The largest absolute Gasteiger partial charge is 0.481 e. The molecule has 0 spiro atoms. The second kappa shape index (κ2) is 3.22. The van der Waals surface area contributed by atoms with Crippen LogP contribution >= 0.6 is 0 Å². The van der Waals surface area contributed by atoms with Gasteiger partial charge in [-0.25, -0.2) is 9.78 Å². The van der Waals surface area contributed by atoms with Crippen LogP contribution in [-0.4, -0.2) is 28.2 Å². The van der Waals surface area contributed by atoms with Crippen LogP contribution in [0.3, 0.4) is 0 Å². The minimum Gasteiger partial charge on any atom is -0.481 e. The number of methoxy groups -OCH3 is 1. The molecule has 1 aromatic heterocycles. The van der Waals surface area contributed by atoms with Crippen LogP contribution in [0.2, 0.25) is 0 Å². The first-order valence-electron chi connectivity index (χ1n) is 3.97. The summed E-state index contributed by atoms with van der Waals surface area (Å²) in [6.45, 7) is 0.687. The van der Waals surface area contributed by atoms with Crippen LogP contribution in [0.15, 0.2) is 0 Å². The van der Waals surface area contributed by atoms with E-state index in [2.05, 4.69) is 9.97 Å². The Morgan fingerprint density at radius 3 is 2.93 bits per heavy atom. The Morgan fingerprint density at radius 1 is 1.50 bits per heavy atom. The lowest BCUT2D eigenvalue weighted by atomic mass is 10.2. The topological polar surface area (TPSA) is 81.5 Å². The number of carbonyl (C=O) groups is 1. The summed E-state index contributed by atoms with van der Waals surface area (Å²) in [6, 6.07) is 0. The van der Waals surface area contributed by atoms with Gasteiger partial charge in [0.25, 0.3) is 0 Å². The van der Waals surface area contributed by atoms with E-state index in [1.807, 2.05) is 0 Å². The van der Waals surface area contributed by atoms with E-state index < -0.39 is 5.97 Å². The maximum atomic E-state index is 10.6. The van der Waals surface area contributed by atoms with E-state index in [0.717, 1.165) is 5.56 Å². The Hall–Kier alpha value is -1.69. The first kappa shape index (κ1) is 8.89. The fourth-order valence-electron chi connectivity index (χ4n) is 1.29. The second-order valence-electron chi connectivity index (χ2n) is 2.78. The van der Waals surface area contributed by atoms with Crippen molar-refractivity contribution in [2.75, 3.05) is 7.11 Å². The minimum absolute atomic E-state index is 0.258. The minimum atomic E-state index is -1.17. The van der Waals surface area contributed by atoms with Crippen LogP contribution in [0, 0.1) is 0 Å². The van der Waals surface area contributed by atoms with Crippen molar-refractivity contribution < 1.29 is 19.4 Å². The number of hydrogen-bond donors (Lipinski definition) is 1. The number of aromatic nitrogens is 2. The number of carboxylic acids is 1. The van der Waals surface area contributed by atoms with E-state index in [9.17, 15) is 4.79 Å². The number of carboxylic acid groups (broad SMARTS) is 1. The maximum Gasteiger partial charge on any atom is 0.374 e. The molecule has 0 amide bonds. The normalized spacial score (nSPS) is 13.8. The zero-order valence-electron chi connectivity index (χ0n) is 7.48. The Morgan fingerprint density at radius 2 is 2.29 bits per heavy atom. The van der Waals surface area contributed by atoms with Gasteiger partial charge in [-0.15, -0.1) is 0 Å². The van der Waals surface area contributed by atoms with Gasteiger partial charge in [0, 0.05) is 0 Å². The molecule has 0 fully saturated rings. The lowest BCUT2D eigenvalue weighted by Gasteiger charge is -2.04. The molecule has 0 bridgehead atoms. The van der Waals surface area contributed by atoms with Gasteiger partial charge in [-0.3, -0.25) is 0 Å². The monoisotopic (exact) mass is 196 g/mol. The van der Waals surface area contributed by atoms with E-state index in [-0.39, 0.29) is 11.7 Å². The predicted octanol–water partition coefficient (Wildman–Crippen LogP) is 0.214. The predicted molar refractivity (Wildman–Crippen MR) is 44.0 cm³/mol. The van der Waals surface area contributed by atoms with E-state index in [4.69, 9.17) is 14.6 Å². The van der Waals surface area contributed by atoms with Gasteiger partial charge in [0.15, 0.2) is 0 Å². The van der Waals surface area contributed by atoms with Crippen LogP contribution in [-0.2, 0) is 18.0 Å². The van der Waals surface area contributed by atoms with Crippen molar-refractivity contribution >= 4 is 5.97 Å². The summed E-state index contributed by atoms with van der Waals surface area (Å²) in [5, 5.41) is 8.71. The molecule has 2 heterocycles. The number of aromatic carboxylic acids is 1. The molecule has 1 aromatic rings. The average Bonchev–Trinajstić information content (AvgIpc) is 2.63. The number of nitrogens with zero attached hydrogens (tertiary/aromatic N) is 2. The summed E-state index contributed by atoms with van der Waals surface area (Å²) in [4.78, 5) is 18.2. The molecule has 1 aliphatic rings. The molecule has 1 N–H and O–H groups in total. The molecular formula is C8H8N2O4. The van der Waals surface area contributed by atoms with Crippen LogP contribution in [0.25, 0.3) is 0 Å². The van der Waals surface area contributed by atoms with Crippen molar-refractivity contribution in [2.45, 2.75) is 13.2 Å². The van der Waals surface area contributed by atoms with Crippen LogP contribution in [0.5, 0.6) is 5.88 Å². The van der Waals surface area contributed by atoms with Gasteiger partial charge in [0.2, 0.25) is 11.7 Å². The third kappa shape index (κ3) is 1.29. The van der Waals surface area contributed by atoms with Crippen molar-refractivity contribution in [1.29, 1.82) is 0 Å². The Bertz CT molecular complexity index is 391. The molecule has 6 nitrogen and oxygen atoms in total. The highest BCUT2D eigenvalue weighted by molar-refractivity contribution is 5.83. The number of hydrogen-bond acceptors (Lipinski definition) is 5. The lowest BCUT2D eigenvalue weighted by molar-refractivity contribution is 0.0681. The van der Waals surface area contributed by atoms with Gasteiger partial charge in [0.1, 0.15) is 0 Å². The molecule has 0 aliphatic carbocycles. The van der Waals surface area contributed by atoms with Gasteiger partial charge in [-0.2, -0.15) is 4.98 Å². The summed E-state index contributed by atoms with van der Waals surface area (Å²) < 4.78 is 10.1. The van der Waals surface area contributed by atoms with Crippen molar-refractivity contribution in [3.63, 3.8) is 0 Å². The van der Waals surface area contributed by atoms with Crippen molar-refractivity contribution in [3.8, 4) is 5.88 Å². The Balaban J connectivity index is 2.54. The highest BCUT2D eigenvalue weighted by atomic mass is 16.5. The number of ether oxygens (including phenoxy) is 2. The van der Waals surface area contributed by atoms with Crippen molar-refractivity contribution in [2.24, 2.45) is 0 Å². The first-order chi connectivity index (χ1) is 6.72. The van der Waals surface area contributed by atoms with Gasteiger partial charge < -0.3 is 14.6 Å².